The number of hydrogen-bond acceptors (Lipinski definition) is 2. The van der Waals surface area contributed by atoms with Gasteiger partial charge in [0.15, 0.2) is 0 Å². The van der Waals surface area contributed by atoms with Crippen LogP contribution in [0.15, 0.2) is 0 Å². The Morgan fingerprint density at radius 2 is 1.79 bits per heavy atom. The van der Waals surface area contributed by atoms with E-state index in [9.17, 15) is 0 Å². The Kier molecular flexibility index (Phi) is 2.39. The van der Waals surface area contributed by atoms with Crippen molar-refractivity contribution in [3.63, 3.8) is 0 Å². The predicted octanol–water partition coefficient (Wildman–Crippen LogP) is 2.29. The minimum absolute atomic E-state index is 0.128. The van der Waals surface area contributed by atoms with Crippen LogP contribution in [0.5, 0.6) is 0 Å². The summed E-state index contributed by atoms with van der Waals surface area (Å²) in [5.74, 6) is 0. The molecule has 0 bridgehead atoms. The van der Waals surface area contributed by atoms with Crippen LogP contribution in [0, 0.1) is 5.41 Å². The number of hydrogen-bond donors (Lipinski definition) is 0. The van der Waals surface area contributed by atoms with Gasteiger partial charge in [0.25, 0.3) is 0 Å². The second kappa shape index (κ2) is 3.21. The van der Waals surface area contributed by atoms with Crippen LogP contribution in [-0.4, -0.2) is 36.2 Å². The third kappa shape index (κ3) is 1.82. The Labute approximate surface area is 87.6 Å². The highest BCUT2D eigenvalue weighted by Crippen LogP contribution is 2.43. The van der Waals surface area contributed by atoms with E-state index < -0.39 is 0 Å². The molecule has 0 aromatic carbocycles. The first-order valence-electron chi connectivity index (χ1n) is 5.81. The Hall–Kier alpha value is -0.0800. The molecule has 1 spiro atoms. The third-order valence-electron chi connectivity index (χ3n) is 3.83. The maximum Gasteiger partial charge on any atom is 0.0627 e. The van der Waals surface area contributed by atoms with Crippen molar-refractivity contribution in [2.45, 2.75) is 52.2 Å². The van der Waals surface area contributed by atoms with Gasteiger partial charge in [0.1, 0.15) is 0 Å². The summed E-state index contributed by atoms with van der Waals surface area (Å²) in [7, 11) is 0. The first-order chi connectivity index (χ1) is 6.43. The highest BCUT2D eigenvalue weighted by Gasteiger charge is 2.47. The number of rotatable bonds is 1. The minimum atomic E-state index is 0.128. The van der Waals surface area contributed by atoms with Gasteiger partial charge in [-0.2, -0.15) is 0 Å². The van der Waals surface area contributed by atoms with Crippen LogP contribution in [0.4, 0.5) is 0 Å². The molecule has 0 aliphatic carbocycles. The van der Waals surface area contributed by atoms with Gasteiger partial charge >= 0.3 is 0 Å². The molecule has 2 rings (SSSR count). The predicted molar refractivity (Wildman–Crippen MR) is 58.4 cm³/mol. The third-order valence-corrected chi connectivity index (χ3v) is 3.83. The minimum Gasteiger partial charge on any atom is -0.375 e. The van der Waals surface area contributed by atoms with Crippen molar-refractivity contribution >= 4 is 0 Å². The first-order valence-corrected chi connectivity index (χ1v) is 5.81. The number of likely N-dealkylation sites (tertiary alicyclic amines) is 1. The van der Waals surface area contributed by atoms with Crippen LogP contribution in [0.1, 0.15) is 40.5 Å². The highest BCUT2D eigenvalue weighted by molar-refractivity contribution is 4.99. The normalized spacial score (nSPS) is 30.6. The SMILES string of the molecule is CC(C)N1CC2(CCC(C)(C)OC2)C1. The smallest absolute Gasteiger partial charge is 0.0627 e. The van der Waals surface area contributed by atoms with Crippen LogP contribution in [-0.2, 0) is 4.74 Å². The average molecular weight is 197 g/mol. The van der Waals surface area contributed by atoms with Gasteiger partial charge in [-0.1, -0.05) is 0 Å². The molecule has 2 nitrogen and oxygen atoms in total. The molecule has 0 radical (unpaired) electrons. The molecular weight excluding hydrogens is 174 g/mol. The summed E-state index contributed by atoms with van der Waals surface area (Å²) < 4.78 is 5.92. The zero-order chi connectivity index (χ0) is 10.4. The van der Waals surface area contributed by atoms with Gasteiger partial charge in [-0.25, -0.2) is 0 Å². The van der Waals surface area contributed by atoms with Crippen molar-refractivity contribution in [2.75, 3.05) is 19.7 Å². The number of nitrogens with zero attached hydrogens (tertiary/aromatic N) is 1. The number of ether oxygens (including phenoxy) is 1. The zero-order valence-electron chi connectivity index (χ0n) is 9.97. The van der Waals surface area contributed by atoms with E-state index in [2.05, 4.69) is 32.6 Å². The summed E-state index contributed by atoms with van der Waals surface area (Å²) >= 11 is 0. The van der Waals surface area contributed by atoms with Gasteiger partial charge in [-0.15, -0.1) is 0 Å². The summed E-state index contributed by atoms with van der Waals surface area (Å²) in [4.78, 5) is 2.54. The van der Waals surface area contributed by atoms with E-state index in [1.54, 1.807) is 0 Å². The van der Waals surface area contributed by atoms with Crippen LogP contribution < -0.4 is 0 Å². The van der Waals surface area contributed by atoms with E-state index in [1.807, 2.05) is 0 Å². The summed E-state index contributed by atoms with van der Waals surface area (Å²) in [6, 6.07) is 0.704. The fourth-order valence-electron chi connectivity index (χ4n) is 2.49. The van der Waals surface area contributed by atoms with E-state index in [0.29, 0.717) is 11.5 Å². The molecule has 2 heteroatoms. The molecule has 82 valence electrons. The van der Waals surface area contributed by atoms with Crippen molar-refractivity contribution < 1.29 is 4.74 Å². The second-order valence-corrected chi connectivity index (χ2v) is 6.05. The molecule has 2 aliphatic rings. The zero-order valence-corrected chi connectivity index (χ0v) is 9.97. The Bertz CT molecular complexity index is 197. The van der Waals surface area contributed by atoms with Gasteiger partial charge in [0.05, 0.1) is 12.2 Å². The van der Waals surface area contributed by atoms with Crippen molar-refractivity contribution in [3.05, 3.63) is 0 Å². The van der Waals surface area contributed by atoms with Crippen LogP contribution in [0.2, 0.25) is 0 Å². The van der Waals surface area contributed by atoms with Gasteiger partial charge in [-0.05, 0) is 40.5 Å². The Morgan fingerprint density at radius 1 is 1.14 bits per heavy atom. The quantitative estimate of drug-likeness (QED) is 0.639. The van der Waals surface area contributed by atoms with E-state index in [-0.39, 0.29) is 5.60 Å². The highest BCUT2D eigenvalue weighted by atomic mass is 16.5. The van der Waals surface area contributed by atoms with Crippen molar-refractivity contribution in [1.82, 2.24) is 4.90 Å². The fourth-order valence-corrected chi connectivity index (χ4v) is 2.49. The van der Waals surface area contributed by atoms with Crippen molar-refractivity contribution in [2.24, 2.45) is 5.41 Å². The molecule has 0 unspecified atom stereocenters. The standard InChI is InChI=1S/C12H23NO/c1-10(2)13-7-12(8-13)6-5-11(3,4)14-9-12/h10H,5-9H2,1-4H3. The molecule has 2 saturated heterocycles. The van der Waals surface area contributed by atoms with Crippen LogP contribution in [0.3, 0.4) is 0 Å². The molecule has 0 atom stereocenters. The monoisotopic (exact) mass is 197 g/mol. The molecule has 0 amide bonds. The largest absolute Gasteiger partial charge is 0.375 e. The fraction of sp³-hybridized carbons (Fsp3) is 1.00. The molecule has 14 heavy (non-hydrogen) atoms. The summed E-state index contributed by atoms with van der Waals surface area (Å²) in [6.07, 6.45) is 2.57. The molecule has 0 saturated carbocycles. The van der Waals surface area contributed by atoms with E-state index in [4.69, 9.17) is 4.74 Å². The van der Waals surface area contributed by atoms with Gasteiger partial charge < -0.3 is 4.74 Å². The lowest BCUT2D eigenvalue weighted by atomic mass is 9.72. The second-order valence-electron chi connectivity index (χ2n) is 6.05. The summed E-state index contributed by atoms with van der Waals surface area (Å²) in [5.41, 5.74) is 0.642. The van der Waals surface area contributed by atoms with Crippen LogP contribution in [0.25, 0.3) is 0 Å². The molecule has 0 N–H and O–H groups in total. The van der Waals surface area contributed by atoms with Crippen molar-refractivity contribution in [1.29, 1.82) is 0 Å². The van der Waals surface area contributed by atoms with E-state index in [1.165, 1.54) is 25.9 Å². The summed E-state index contributed by atoms with van der Waals surface area (Å²) in [6.45, 7) is 12.4. The van der Waals surface area contributed by atoms with Gasteiger partial charge in [0, 0.05) is 24.5 Å². The maximum atomic E-state index is 5.92. The molecule has 2 aliphatic heterocycles. The average Bonchev–Trinajstić information content (AvgIpc) is 2.00. The topological polar surface area (TPSA) is 12.5 Å². The van der Waals surface area contributed by atoms with Crippen LogP contribution >= 0.6 is 0 Å². The lowest BCUT2D eigenvalue weighted by Crippen LogP contribution is -2.63. The molecule has 2 fully saturated rings. The maximum absolute atomic E-state index is 5.92. The first kappa shape index (κ1) is 10.4. The molecular formula is C12H23NO. The van der Waals surface area contributed by atoms with E-state index >= 15 is 0 Å². The lowest BCUT2D eigenvalue weighted by molar-refractivity contribution is -0.168. The summed E-state index contributed by atoms with van der Waals surface area (Å²) in [5, 5.41) is 0. The lowest BCUT2D eigenvalue weighted by Gasteiger charge is -2.56. The molecule has 0 aromatic rings. The van der Waals surface area contributed by atoms with E-state index in [0.717, 1.165) is 6.61 Å². The van der Waals surface area contributed by atoms with Crippen molar-refractivity contribution in [3.8, 4) is 0 Å². The molecule has 2 heterocycles. The van der Waals surface area contributed by atoms with Gasteiger partial charge in [-0.3, -0.25) is 4.90 Å². The molecule has 0 aromatic heterocycles. The Morgan fingerprint density at radius 3 is 2.21 bits per heavy atom. The Balaban J connectivity index is 1.86. The van der Waals surface area contributed by atoms with Gasteiger partial charge in [0.2, 0.25) is 0 Å².